The standard InChI is InChI=1S/C12H11ClFNO4/c13-9-3-6(14)1-2-8(9)11(17)15-5-7(16)4-10(15)12(18)19/h1-3,7,10,16H,4-5H2,(H,18,19). The summed E-state index contributed by atoms with van der Waals surface area (Å²) in [7, 11) is 0. The van der Waals surface area contributed by atoms with Gasteiger partial charge in [0.2, 0.25) is 0 Å². The molecule has 19 heavy (non-hydrogen) atoms. The van der Waals surface area contributed by atoms with Crippen LogP contribution in [0.3, 0.4) is 0 Å². The van der Waals surface area contributed by atoms with E-state index in [9.17, 15) is 19.1 Å². The van der Waals surface area contributed by atoms with Gasteiger partial charge in [0.25, 0.3) is 5.91 Å². The van der Waals surface area contributed by atoms with E-state index in [-0.39, 0.29) is 23.6 Å². The minimum Gasteiger partial charge on any atom is -0.480 e. The maximum atomic E-state index is 12.9. The van der Waals surface area contributed by atoms with Crippen molar-refractivity contribution < 1.29 is 24.2 Å². The summed E-state index contributed by atoms with van der Waals surface area (Å²) in [6, 6.07) is 2.16. The Morgan fingerprint density at radius 1 is 1.42 bits per heavy atom. The van der Waals surface area contributed by atoms with E-state index in [1.165, 1.54) is 6.07 Å². The Morgan fingerprint density at radius 2 is 2.11 bits per heavy atom. The van der Waals surface area contributed by atoms with E-state index in [1.54, 1.807) is 0 Å². The zero-order valence-corrected chi connectivity index (χ0v) is 10.5. The second-order valence-corrected chi connectivity index (χ2v) is 4.73. The van der Waals surface area contributed by atoms with Crippen molar-refractivity contribution in [3.8, 4) is 0 Å². The second-order valence-electron chi connectivity index (χ2n) is 4.33. The van der Waals surface area contributed by atoms with Crippen LogP contribution in [-0.4, -0.2) is 45.7 Å². The molecule has 1 aromatic rings. The molecule has 5 nitrogen and oxygen atoms in total. The number of hydrogen-bond donors (Lipinski definition) is 2. The van der Waals surface area contributed by atoms with Gasteiger partial charge < -0.3 is 15.1 Å². The summed E-state index contributed by atoms with van der Waals surface area (Å²) in [5, 5.41) is 18.4. The van der Waals surface area contributed by atoms with Crippen LogP contribution in [-0.2, 0) is 4.79 Å². The number of rotatable bonds is 2. The van der Waals surface area contributed by atoms with Crippen LogP contribution in [0, 0.1) is 5.82 Å². The van der Waals surface area contributed by atoms with Crippen molar-refractivity contribution >= 4 is 23.5 Å². The van der Waals surface area contributed by atoms with Crippen LogP contribution in [0.1, 0.15) is 16.8 Å². The lowest BCUT2D eigenvalue weighted by molar-refractivity contribution is -0.141. The van der Waals surface area contributed by atoms with Gasteiger partial charge in [0, 0.05) is 13.0 Å². The fourth-order valence-electron chi connectivity index (χ4n) is 2.09. The third-order valence-corrected chi connectivity index (χ3v) is 3.30. The largest absolute Gasteiger partial charge is 0.480 e. The lowest BCUT2D eigenvalue weighted by atomic mass is 10.1. The van der Waals surface area contributed by atoms with E-state index in [2.05, 4.69) is 0 Å². The van der Waals surface area contributed by atoms with Crippen LogP contribution in [0.4, 0.5) is 4.39 Å². The van der Waals surface area contributed by atoms with Crippen molar-refractivity contribution in [2.24, 2.45) is 0 Å². The van der Waals surface area contributed by atoms with Crippen LogP contribution in [0.5, 0.6) is 0 Å². The molecule has 102 valence electrons. The van der Waals surface area contributed by atoms with Gasteiger partial charge in [0.05, 0.1) is 16.7 Å². The number of benzene rings is 1. The van der Waals surface area contributed by atoms with Crippen molar-refractivity contribution in [1.82, 2.24) is 4.90 Å². The number of halogens is 2. The van der Waals surface area contributed by atoms with Crippen molar-refractivity contribution in [2.45, 2.75) is 18.6 Å². The molecule has 1 fully saturated rings. The normalized spacial score (nSPS) is 22.6. The van der Waals surface area contributed by atoms with Gasteiger partial charge in [-0.1, -0.05) is 11.6 Å². The Bertz CT molecular complexity index is 536. The van der Waals surface area contributed by atoms with Crippen LogP contribution in [0.15, 0.2) is 18.2 Å². The average molecular weight is 288 g/mol. The first-order chi connectivity index (χ1) is 8.90. The van der Waals surface area contributed by atoms with Gasteiger partial charge in [-0.25, -0.2) is 9.18 Å². The number of aliphatic carboxylic acids is 1. The lowest BCUT2D eigenvalue weighted by Crippen LogP contribution is -2.40. The number of carbonyl (C=O) groups excluding carboxylic acids is 1. The molecule has 0 aromatic heterocycles. The van der Waals surface area contributed by atoms with E-state index in [4.69, 9.17) is 16.7 Å². The maximum absolute atomic E-state index is 12.9. The number of aliphatic hydroxyl groups is 1. The van der Waals surface area contributed by atoms with E-state index in [0.29, 0.717) is 0 Å². The lowest BCUT2D eigenvalue weighted by Gasteiger charge is -2.21. The van der Waals surface area contributed by atoms with E-state index >= 15 is 0 Å². The number of carbonyl (C=O) groups is 2. The molecule has 2 atom stereocenters. The fraction of sp³-hybridized carbons (Fsp3) is 0.333. The minimum absolute atomic E-state index is 0.0171. The highest BCUT2D eigenvalue weighted by molar-refractivity contribution is 6.33. The molecule has 1 saturated heterocycles. The Morgan fingerprint density at radius 3 is 2.68 bits per heavy atom. The third-order valence-electron chi connectivity index (χ3n) is 2.99. The molecule has 1 amide bonds. The fourth-order valence-corrected chi connectivity index (χ4v) is 2.34. The number of hydrogen-bond acceptors (Lipinski definition) is 3. The molecule has 0 spiro atoms. The summed E-state index contributed by atoms with van der Waals surface area (Å²) in [6.45, 7) is -0.0799. The monoisotopic (exact) mass is 287 g/mol. The molecular formula is C12H11ClFNO4. The Kier molecular flexibility index (Phi) is 3.73. The molecule has 0 radical (unpaired) electrons. The van der Waals surface area contributed by atoms with Crippen molar-refractivity contribution in [3.63, 3.8) is 0 Å². The Balaban J connectivity index is 2.30. The third kappa shape index (κ3) is 2.69. The molecule has 2 N–H and O–H groups in total. The van der Waals surface area contributed by atoms with Gasteiger partial charge in [-0.2, -0.15) is 0 Å². The molecule has 0 bridgehead atoms. The minimum atomic E-state index is -1.19. The molecule has 0 saturated carbocycles. The number of amides is 1. The molecule has 2 rings (SSSR count). The molecule has 1 aliphatic heterocycles. The molecule has 1 aromatic carbocycles. The number of aliphatic hydroxyl groups excluding tert-OH is 1. The Hall–Kier alpha value is -1.66. The summed E-state index contributed by atoms with van der Waals surface area (Å²) in [6.07, 6.45) is -0.913. The SMILES string of the molecule is O=C(O)C1CC(O)CN1C(=O)c1ccc(F)cc1Cl. The smallest absolute Gasteiger partial charge is 0.326 e. The predicted molar refractivity (Wildman–Crippen MR) is 64.5 cm³/mol. The van der Waals surface area contributed by atoms with Crippen LogP contribution >= 0.6 is 11.6 Å². The zero-order valence-electron chi connectivity index (χ0n) is 9.72. The summed E-state index contributed by atoms with van der Waals surface area (Å²) in [4.78, 5) is 24.3. The highest BCUT2D eigenvalue weighted by Crippen LogP contribution is 2.24. The quantitative estimate of drug-likeness (QED) is 0.855. The summed E-state index contributed by atoms with van der Waals surface area (Å²) in [5.74, 6) is -2.41. The van der Waals surface area contributed by atoms with E-state index in [0.717, 1.165) is 17.0 Å². The second kappa shape index (κ2) is 5.14. The maximum Gasteiger partial charge on any atom is 0.326 e. The van der Waals surface area contributed by atoms with Gasteiger partial charge in [-0.05, 0) is 18.2 Å². The molecular weight excluding hydrogens is 277 g/mol. The molecule has 0 aliphatic carbocycles. The molecule has 7 heteroatoms. The van der Waals surface area contributed by atoms with Gasteiger partial charge in [-0.15, -0.1) is 0 Å². The predicted octanol–water partition coefficient (Wildman–Crippen LogP) is 1.14. The Labute approximate surface area is 113 Å². The first-order valence-electron chi connectivity index (χ1n) is 5.57. The van der Waals surface area contributed by atoms with Gasteiger partial charge in [-0.3, -0.25) is 4.79 Å². The number of carboxylic acid groups (broad SMARTS) is 1. The van der Waals surface area contributed by atoms with E-state index in [1.807, 2.05) is 0 Å². The van der Waals surface area contributed by atoms with Crippen LogP contribution in [0.2, 0.25) is 5.02 Å². The molecule has 2 unspecified atom stereocenters. The first-order valence-corrected chi connectivity index (χ1v) is 5.95. The van der Waals surface area contributed by atoms with Crippen molar-refractivity contribution in [1.29, 1.82) is 0 Å². The molecule has 1 heterocycles. The van der Waals surface area contributed by atoms with Crippen LogP contribution < -0.4 is 0 Å². The van der Waals surface area contributed by atoms with Crippen LogP contribution in [0.25, 0.3) is 0 Å². The summed E-state index contributed by atoms with van der Waals surface area (Å²) >= 11 is 5.77. The highest BCUT2D eigenvalue weighted by atomic mass is 35.5. The topological polar surface area (TPSA) is 77.8 Å². The average Bonchev–Trinajstić information content (AvgIpc) is 2.70. The van der Waals surface area contributed by atoms with Crippen molar-refractivity contribution in [3.05, 3.63) is 34.6 Å². The number of carboxylic acids is 1. The number of β-amino-alcohol motifs (C(OH)–C–C–N with tert-alkyl or cyclic N) is 1. The first kappa shape index (κ1) is 13.8. The number of nitrogens with zero attached hydrogens (tertiary/aromatic N) is 1. The van der Waals surface area contributed by atoms with Gasteiger partial charge in [0.1, 0.15) is 11.9 Å². The number of likely N-dealkylation sites (tertiary alicyclic amines) is 1. The molecule has 1 aliphatic rings. The summed E-state index contributed by atoms with van der Waals surface area (Å²) < 4.78 is 12.9. The summed E-state index contributed by atoms with van der Waals surface area (Å²) in [5.41, 5.74) is 0.0171. The van der Waals surface area contributed by atoms with Crippen molar-refractivity contribution in [2.75, 3.05) is 6.54 Å². The van der Waals surface area contributed by atoms with E-state index < -0.39 is 29.8 Å². The van der Waals surface area contributed by atoms with Gasteiger partial charge >= 0.3 is 5.97 Å². The zero-order chi connectivity index (χ0) is 14.2. The van der Waals surface area contributed by atoms with Gasteiger partial charge in [0.15, 0.2) is 0 Å². The highest BCUT2D eigenvalue weighted by Gasteiger charge is 2.39.